The molecule has 0 aromatic heterocycles. The number of halogens is 3. The van der Waals surface area contributed by atoms with Crippen LogP contribution in [0.4, 0.5) is 13.2 Å². The summed E-state index contributed by atoms with van der Waals surface area (Å²) in [5.41, 5.74) is 0. The molecule has 94 valence electrons. The van der Waals surface area contributed by atoms with E-state index >= 15 is 0 Å². The van der Waals surface area contributed by atoms with Crippen LogP contribution >= 0.6 is 0 Å². The lowest BCUT2D eigenvalue weighted by atomic mass is 10.0. The SMILES string of the molecule is C=CC(C)NC1CCN(CC(F)(F)F)CC1. The number of likely N-dealkylation sites (tertiary alicyclic amines) is 1. The molecule has 1 rings (SSSR count). The molecule has 0 aromatic rings. The van der Waals surface area contributed by atoms with Crippen molar-refractivity contribution in [1.82, 2.24) is 10.2 Å². The summed E-state index contributed by atoms with van der Waals surface area (Å²) in [6.45, 7) is 5.91. The molecule has 1 atom stereocenters. The van der Waals surface area contributed by atoms with Crippen molar-refractivity contribution in [3.8, 4) is 0 Å². The van der Waals surface area contributed by atoms with Gasteiger partial charge in [0.25, 0.3) is 0 Å². The van der Waals surface area contributed by atoms with Gasteiger partial charge >= 0.3 is 6.18 Å². The number of nitrogens with one attached hydrogen (secondary N) is 1. The summed E-state index contributed by atoms with van der Waals surface area (Å²) in [5, 5.41) is 3.33. The van der Waals surface area contributed by atoms with Gasteiger partial charge in [0.05, 0.1) is 6.54 Å². The van der Waals surface area contributed by atoms with Crippen molar-refractivity contribution >= 4 is 0 Å². The van der Waals surface area contributed by atoms with E-state index in [0.717, 1.165) is 12.8 Å². The van der Waals surface area contributed by atoms with Crippen molar-refractivity contribution in [2.24, 2.45) is 0 Å². The van der Waals surface area contributed by atoms with E-state index in [-0.39, 0.29) is 6.04 Å². The molecule has 1 N–H and O–H groups in total. The highest BCUT2D eigenvalue weighted by Crippen LogP contribution is 2.19. The maximum Gasteiger partial charge on any atom is 0.401 e. The van der Waals surface area contributed by atoms with E-state index in [0.29, 0.717) is 19.1 Å². The van der Waals surface area contributed by atoms with E-state index in [1.54, 1.807) is 0 Å². The van der Waals surface area contributed by atoms with Crippen LogP contribution in [0.5, 0.6) is 0 Å². The van der Waals surface area contributed by atoms with Gasteiger partial charge in [0, 0.05) is 12.1 Å². The largest absolute Gasteiger partial charge is 0.401 e. The molecule has 0 aliphatic carbocycles. The Morgan fingerprint density at radius 2 is 2.00 bits per heavy atom. The summed E-state index contributed by atoms with van der Waals surface area (Å²) in [7, 11) is 0. The predicted octanol–water partition coefficient (Wildman–Crippen LogP) is 2.18. The van der Waals surface area contributed by atoms with E-state index in [2.05, 4.69) is 11.9 Å². The quantitative estimate of drug-likeness (QED) is 0.753. The van der Waals surface area contributed by atoms with Crippen LogP contribution in [0.15, 0.2) is 12.7 Å². The predicted molar refractivity (Wildman–Crippen MR) is 58.3 cm³/mol. The molecule has 0 spiro atoms. The molecule has 16 heavy (non-hydrogen) atoms. The average Bonchev–Trinajstić information content (AvgIpc) is 2.18. The number of hydrogen-bond donors (Lipinski definition) is 1. The average molecular weight is 236 g/mol. The molecule has 1 unspecified atom stereocenters. The number of piperidine rings is 1. The second kappa shape index (κ2) is 5.68. The summed E-state index contributed by atoms with van der Waals surface area (Å²) in [6.07, 6.45) is -0.723. The first-order valence-corrected chi connectivity index (χ1v) is 5.58. The highest BCUT2D eigenvalue weighted by atomic mass is 19.4. The van der Waals surface area contributed by atoms with E-state index in [4.69, 9.17) is 0 Å². The van der Waals surface area contributed by atoms with Gasteiger partial charge in [-0.25, -0.2) is 0 Å². The third kappa shape index (κ3) is 4.99. The molecule has 1 aliphatic heterocycles. The third-order valence-electron chi connectivity index (χ3n) is 2.84. The molecule has 0 amide bonds. The molecule has 1 saturated heterocycles. The Morgan fingerprint density at radius 3 is 2.44 bits per heavy atom. The lowest BCUT2D eigenvalue weighted by molar-refractivity contribution is -0.148. The van der Waals surface area contributed by atoms with Gasteiger partial charge in [0.15, 0.2) is 0 Å². The first-order valence-electron chi connectivity index (χ1n) is 5.58. The molecule has 5 heteroatoms. The molecule has 1 heterocycles. The van der Waals surface area contributed by atoms with Gasteiger partial charge in [-0.3, -0.25) is 4.90 Å². The lowest BCUT2D eigenvalue weighted by Crippen LogP contribution is -2.47. The Kier molecular flexibility index (Phi) is 4.80. The zero-order valence-corrected chi connectivity index (χ0v) is 9.56. The number of rotatable bonds is 4. The highest BCUT2D eigenvalue weighted by molar-refractivity contribution is 4.87. The highest BCUT2D eigenvalue weighted by Gasteiger charge is 2.32. The van der Waals surface area contributed by atoms with Crippen LogP contribution in [0.1, 0.15) is 19.8 Å². The van der Waals surface area contributed by atoms with Crippen molar-refractivity contribution in [2.75, 3.05) is 19.6 Å². The first-order chi connectivity index (χ1) is 7.40. The van der Waals surface area contributed by atoms with Gasteiger partial charge in [-0.2, -0.15) is 13.2 Å². The lowest BCUT2D eigenvalue weighted by Gasteiger charge is -2.33. The van der Waals surface area contributed by atoms with Crippen molar-refractivity contribution in [1.29, 1.82) is 0 Å². The summed E-state index contributed by atoms with van der Waals surface area (Å²) >= 11 is 0. The second-order valence-electron chi connectivity index (χ2n) is 4.36. The van der Waals surface area contributed by atoms with Gasteiger partial charge in [0.1, 0.15) is 0 Å². The van der Waals surface area contributed by atoms with Crippen molar-refractivity contribution < 1.29 is 13.2 Å². The maximum absolute atomic E-state index is 12.1. The molecule has 1 fully saturated rings. The smallest absolute Gasteiger partial charge is 0.308 e. The molecule has 2 nitrogen and oxygen atoms in total. The minimum absolute atomic E-state index is 0.221. The topological polar surface area (TPSA) is 15.3 Å². The fourth-order valence-electron chi connectivity index (χ4n) is 1.95. The van der Waals surface area contributed by atoms with Crippen molar-refractivity contribution in [3.05, 3.63) is 12.7 Å². The number of hydrogen-bond acceptors (Lipinski definition) is 2. The van der Waals surface area contributed by atoms with Gasteiger partial charge < -0.3 is 5.32 Å². The second-order valence-corrected chi connectivity index (χ2v) is 4.36. The minimum atomic E-state index is -4.07. The van der Waals surface area contributed by atoms with Crippen LogP contribution in [0.3, 0.4) is 0 Å². The van der Waals surface area contributed by atoms with Gasteiger partial charge in [0.2, 0.25) is 0 Å². The fourth-order valence-corrected chi connectivity index (χ4v) is 1.95. The van der Waals surface area contributed by atoms with Crippen LogP contribution in [0, 0.1) is 0 Å². The van der Waals surface area contributed by atoms with Crippen molar-refractivity contribution in [2.45, 2.75) is 38.0 Å². The summed E-state index contributed by atoms with van der Waals surface area (Å²) < 4.78 is 36.4. The Bertz CT molecular complexity index is 220. The molecule has 0 aromatic carbocycles. The number of nitrogens with zero attached hydrogens (tertiary/aromatic N) is 1. The van der Waals surface area contributed by atoms with Crippen LogP contribution < -0.4 is 5.32 Å². The summed E-state index contributed by atoms with van der Waals surface area (Å²) in [6, 6.07) is 0.539. The molecule has 1 aliphatic rings. The van der Waals surface area contributed by atoms with Crippen LogP contribution in [0.25, 0.3) is 0 Å². The first kappa shape index (κ1) is 13.5. The Hall–Kier alpha value is -0.550. The minimum Gasteiger partial charge on any atom is -0.308 e. The third-order valence-corrected chi connectivity index (χ3v) is 2.84. The molecule has 0 bridgehead atoms. The zero-order valence-electron chi connectivity index (χ0n) is 9.56. The Labute approximate surface area is 94.5 Å². The fraction of sp³-hybridized carbons (Fsp3) is 0.818. The molecular weight excluding hydrogens is 217 g/mol. The van der Waals surface area contributed by atoms with E-state index in [1.807, 2.05) is 13.0 Å². The number of alkyl halides is 3. The molecular formula is C11H19F3N2. The Balaban J connectivity index is 2.26. The standard InChI is InChI=1S/C11H19F3N2/c1-3-9(2)15-10-4-6-16(7-5-10)8-11(12,13)14/h3,9-10,15H,1,4-8H2,2H3. The monoisotopic (exact) mass is 236 g/mol. The molecule has 0 saturated carbocycles. The molecule has 0 radical (unpaired) electrons. The van der Waals surface area contributed by atoms with Crippen LogP contribution in [-0.2, 0) is 0 Å². The van der Waals surface area contributed by atoms with Crippen LogP contribution in [-0.4, -0.2) is 42.8 Å². The summed E-state index contributed by atoms with van der Waals surface area (Å²) in [4.78, 5) is 1.47. The van der Waals surface area contributed by atoms with Gasteiger partial charge in [-0.15, -0.1) is 6.58 Å². The zero-order chi connectivity index (χ0) is 12.2. The van der Waals surface area contributed by atoms with Gasteiger partial charge in [-0.1, -0.05) is 6.08 Å². The van der Waals surface area contributed by atoms with Crippen molar-refractivity contribution in [3.63, 3.8) is 0 Å². The van der Waals surface area contributed by atoms with E-state index in [1.165, 1.54) is 4.90 Å². The van der Waals surface area contributed by atoms with E-state index in [9.17, 15) is 13.2 Å². The maximum atomic E-state index is 12.1. The van der Waals surface area contributed by atoms with Crippen LogP contribution in [0.2, 0.25) is 0 Å². The Morgan fingerprint density at radius 1 is 1.44 bits per heavy atom. The normalized spacial score (nSPS) is 22.0. The van der Waals surface area contributed by atoms with E-state index < -0.39 is 12.7 Å². The van der Waals surface area contributed by atoms with Gasteiger partial charge in [-0.05, 0) is 32.9 Å². The summed E-state index contributed by atoms with van der Waals surface area (Å²) in [5.74, 6) is 0.